The standard InChI is InChI=1S/C15H17NO2S/c1-10-7-8-14(19-10)11(2)16-15(18)9-12-5-3-4-6-13(12)17/h3-8,11,17H,9H2,1-2H3,(H,16,18). The van der Waals surface area contributed by atoms with Gasteiger partial charge in [-0.05, 0) is 32.0 Å². The number of nitrogens with one attached hydrogen (secondary N) is 1. The number of thiophene rings is 1. The van der Waals surface area contributed by atoms with E-state index in [1.807, 2.05) is 32.0 Å². The Hall–Kier alpha value is -1.81. The van der Waals surface area contributed by atoms with Crippen molar-refractivity contribution in [1.82, 2.24) is 5.32 Å². The summed E-state index contributed by atoms with van der Waals surface area (Å²) in [5.74, 6) is 0.0809. The molecule has 2 rings (SSSR count). The number of benzene rings is 1. The normalized spacial score (nSPS) is 12.1. The predicted octanol–water partition coefficient (Wildman–Crippen LogP) is 3.18. The molecule has 1 unspecified atom stereocenters. The quantitative estimate of drug-likeness (QED) is 0.900. The zero-order valence-corrected chi connectivity index (χ0v) is 11.8. The number of para-hydroxylation sites is 1. The number of phenols is 1. The first-order valence-electron chi connectivity index (χ1n) is 6.19. The van der Waals surface area contributed by atoms with Crippen LogP contribution in [0.4, 0.5) is 0 Å². The van der Waals surface area contributed by atoms with Gasteiger partial charge in [-0.1, -0.05) is 18.2 Å². The number of carbonyl (C=O) groups excluding carboxylic acids is 1. The van der Waals surface area contributed by atoms with Crippen LogP contribution in [0.1, 0.15) is 28.3 Å². The summed E-state index contributed by atoms with van der Waals surface area (Å²) < 4.78 is 0. The molecule has 0 aliphatic rings. The van der Waals surface area contributed by atoms with Crippen molar-refractivity contribution in [2.75, 3.05) is 0 Å². The number of rotatable bonds is 4. The molecule has 2 aromatic rings. The Kier molecular flexibility index (Phi) is 4.22. The van der Waals surface area contributed by atoms with E-state index in [4.69, 9.17) is 0 Å². The zero-order chi connectivity index (χ0) is 13.8. The molecule has 4 heteroatoms. The molecule has 1 heterocycles. The Morgan fingerprint density at radius 1 is 1.32 bits per heavy atom. The van der Waals surface area contributed by atoms with Crippen molar-refractivity contribution in [2.45, 2.75) is 26.3 Å². The van der Waals surface area contributed by atoms with Crippen molar-refractivity contribution in [3.05, 3.63) is 51.7 Å². The number of phenolic OH excluding ortho intramolecular Hbond substituents is 1. The fourth-order valence-electron chi connectivity index (χ4n) is 1.88. The average molecular weight is 275 g/mol. The lowest BCUT2D eigenvalue weighted by Gasteiger charge is -2.12. The number of hydrogen-bond acceptors (Lipinski definition) is 3. The Balaban J connectivity index is 1.96. The van der Waals surface area contributed by atoms with E-state index in [0.717, 1.165) is 4.88 Å². The molecule has 0 aliphatic heterocycles. The van der Waals surface area contributed by atoms with Crippen LogP contribution in [0.2, 0.25) is 0 Å². The molecule has 0 saturated heterocycles. The molecular weight excluding hydrogens is 258 g/mol. The number of amides is 1. The summed E-state index contributed by atoms with van der Waals surface area (Å²) in [5, 5.41) is 12.6. The summed E-state index contributed by atoms with van der Waals surface area (Å²) in [6.45, 7) is 4.01. The molecule has 0 fully saturated rings. The number of aryl methyl sites for hydroxylation is 1. The van der Waals surface area contributed by atoms with E-state index in [1.54, 1.807) is 29.5 Å². The summed E-state index contributed by atoms with van der Waals surface area (Å²) in [5.41, 5.74) is 0.648. The maximum absolute atomic E-state index is 11.9. The van der Waals surface area contributed by atoms with Crippen LogP contribution < -0.4 is 5.32 Å². The first-order chi connectivity index (χ1) is 9.06. The van der Waals surface area contributed by atoms with Crippen molar-refractivity contribution < 1.29 is 9.90 Å². The topological polar surface area (TPSA) is 49.3 Å². The van der Waals surface area contributed by atoms with Crippen molar-refractivity contribution >= 4 is 17.2 Å². The molecule has 2 N–H and O–H groups in total. The van der Waals surface area contributed by atoms with Gasteiger partial charge >= 0.3 is 0 Å². The molecule has 1 aromatic carbocycles. The van der Waals surface area contributed by atoms with Crippen LogP contribution >= 0.6 is 11.3 Å². The van der Waals surface area contributed by atoms with E-state index in [0.29, 0.717) is 5.56 Å². The summed E-state index contributed by atoms with van der Waals surface area (Å²) in [7, 11) is 0. The molecule has 0 aliphatic carbocycles. The minimum Gasteiger partial charge on any atom is -0.508 e. The molecule has 100 valence electrons. The molecular formula is C15H17NO2S. The summed E-state index contributed by atoms with van der Waals surface area (Å²) in [6.07, 6.45) is 0.196. The Morgan fingerprint density at radius 2 is 2.05 bits per heavy atom. The van der Waals surface area contributed by atoms with Gasteiger partial charge in [-0.15, -0.1) is 11.3 Å². The van der Waals surface area contributed by atoms with Gasteiger partial charge in [-0.2, -0.15) is 0 Å². The van der Waals surface area contributed by atoms with Crippen LogP contribution in [0.5, 0.6) is 5.75 Å². The third-order valence-corrected chi connectivity index (χ3v) is 4.09. The van der Waals surface area contributed by atoms with E-state index < -0.39 is 0 Å². The van der Waals surface area contributed by atoms with Crippen molar-refractivity contribution in [3.8, 4) is 5.75 Å². The Bertz CT molecular complexity index is 577. The third kappa shape index (κ3) is 3.58. The maximum Gasteiger partial charge on any atom is 0.225 e. The third-order valence-electron chi connectivity index (χ3n) is 2.91. The van der Waals surface area contributed by atoms with E-state index >= 15 is 0 Å². The smallest absolute Gasteiger partial charge is 0.225 e. The van der Waals surface area contributed by atoms with Gasteiger partial charge in [0, 0.05) is 15.3 Å². The minimum atomic E-state index is -0.0833. The lowest BCUT2D eigenvalue weighted by Crippen LogP contribution is -2.27. The Labute approximate surface area is 116 Å². The van der Waals surface area contributed by atoms with E-state index in [9.17, 15) is 9.90 Å². The first-order valence-corrected chi connectivity index (χ1v) is 7.00. The van der Waals surface area contributed by atoms with Crippen molar-refractivity contribution in [1.29, 1.82) is 0 Å². The number of carbonyl (C=O) groups is 1. The molecule has 0 spiro atoms. The largest absolute Gasteiger partial charge is 0.508 e. The highest BCUT2D eigenvalue weighted by atomic mass is 32.1. The van der Waals surface area contributed by atoms with Gasteiger partial charge in [0.2, 0.25) is 5.91 Å². The molecule has 0 radical (unpaired) electrons. The highest BCUT2D eigenvalue weighted by molar-refractivity contribution is 7.12. The van der Waals surface area contributed by atoms with Crippen LogP contribution in [0.15, 0.2) is 36.4 Å². The second kappa shape index (κ2) is 5.89. The van der Waals surface area contributed by atoms with E-state index in [2.05, 4.69) is 5.32 Å². The molecule has 0 saturated carbocycles. The number of hydrogen-bond donors (Lipinski definition) is 2. The molecule has 3 nitrogen and oxygen atoms in total. The van der Waals surface area contributed by atoms with E-state index in [1.165, 1.54) is 4.88 Å². The summed E-state index contributed by atoms with van der Waals surface area (Å²) in [6, 6.07) is 11.0. The average Bonchev–Trinajstić information content (AvgIpc) is 2.79. The first kappa shape index (κ1) is 13.6. The fourth-order valence-corrected chi connectivity index (χ4v) is 2.76. The number of aromatic hydroxyl groups is 1. The molecule has 1 amide bonds. The molecule has 1 atom stereocenters. The van der Waals surface area contributed by atoms with Crippen LogP contribution in [-0.2, 0) is 11.2 Å². The van der Waals surface area contributed by atoms with Gasteiger partial charge < -0.3 is 10.4 Å². The second-order valence-corrected chi connectivity index (χ2v) is 5.86. The lowest BCUT2D eigenvalue weighted by atomic mass is 10.1. The summed E-state index contributed by atoms with van der Waals surface area (Å²) in [4.78, 5) is 14.3. The van der Waals surface area contributed by atoms with Crippen molar-refractivity contribution in [3.63, 3.8) is 0 Å². The second-order valence-electron chi connectivity index (χ2n) is 4.54. The van der Waals surface area contributed by atoms with Gasteiger partial charge in [0.1, 0.15) is 5.75 Å². The molecule has 1 aromatic heterocycles. The predicted molar refractivity (Wildman–Crippen MR) is 77.4 cm³/mol. The van der Waals surface area contributed by atoms with E-state index in [-0.39, 0.29) is 24.1 Å². The highest BCUT2D eigenvalue weighted by Gasteiger charge is 2.12. The lowest BCUT2D eigenvalue weighted by molar-refractivity contribution is -0.121. The molecule has 19 heavy (non-hydrogen) atoms. The minimum absolute atomic E-state index is 0.00273. The zero-order valence-electron chi connectivity index (χ0n) is 11.0. The van der Waals surface area contributed by atoms with Gasteiger partial charge in [0.05, 0.1) is 12.5 Å². The monoisotopic (exact) mass is 275 g/mol. The van der Waals surface area contributed by atoms with Crippen LogP contribution in [0.3, 0.4) is 0 Å². The summed E-state index contributed by atoms with van der Waals surface area (Å²) >= 11 is 1.68. The van der Waals surface area contributed by atoms with Gasteiger partial charge in [0.15, 0.2) is 0 Å². The van der Waals surface area contributed by atoms with Crippen LogP contribution in [0, 0.1) is 6.92 Å². The van der Waals surface area contributed by atoms with Crippen LogP contribution in [0.25, 0.3) is 0 Å². The van der Waals surface area contributed by atoms with Crippen molar-refractivity contribution in [2.24, 2.45) is 0 Å². The Morgan fingerprint density at radius 3 is 2.68 bits per heavy atom. The highest BCUT2D eigenvalue weighted by Crippen LogP contribution is 2.22. The van der Waals surface area contributed by atoms with Gasteiger partial charge in [-0.3, -0.25) is 4.79 Å². The van der Waals surface area contributed by atoms with Gasteiger partial charge in [-0.25, -0.2) is 0 Å². The SMILES string of the molecule is Cc1ccc(C(C)NC(=O)Cc2ccccc2O)s1. The van der Waals surface area contributed by atoms with Crippen LogP contribution in [-0.4, -0.2) is 11.0 Å². The van der Waals surface area contributed by atoms with Gasteiger partial charge in [0.25, 0.3) is 0 Å². The maximum atomic E-state index is 11.9. The fraction of sp³-hybridized carbons (Fsp3) is 0.267. The molecule has 0 bridgehead atoms.